The molecule has 0 fully saturated rings. The molecular weight excluding hydrogens is 362 g/mol. The summed E-state index contributed by atoms with van der Waals surface area (Å²) in [6.07, 6.45) is 0. The smallest absolute Gasteiger partial charge is 0.321 e. The van der Waals surface area contributed by atoms with Crippen LogP contribution in [0.3, 0.4) is 0 Å². The van der Waals surface area contributed by atoms with E-state index in [0.717, 1.165) is 4.31 Å². The van der Waals surface area contributed by atoms with Gasteiger partial charge in [-0.25, -0.2) is 8.42 Å². The molecule has 1 aromatic rings. The van der Waals surface area contributed by atoms with Crippen LogP contribution in [0.1, 0.15) is 20.8 Å². The van der Waals surface area contributed by atoms with E-state index < -0.39 is 35.1 Å². The molecular formula is C16H23N3O6S. The second-order valence-corrected chi connectivity index (χ2v) is 7.89. The lowest BCUT2D eigenvalue weighted by Crippen LogP contribution is -2.37. The minimum absolute atomic E-state index is 0.0422. The molecule has 0 saturated heterocycles. The molecule has 0 unspecified atom stereocenters. The van der Waals surface area contributed by atoms with E-state index in [4.69, 9.17) is 4.74 Å². The summed E-state index contributed by atoms with van der Waals surface area (Å²) in [4.78, 5) is 34.1. The molecule has 0 aliphatic carbocycles. The Kier molecular flexibility index (Phi) is 7.72. The Balaban J connectivity index is 2.66. The van der Waals surface area contributed by atoms with Crippen LogP contribution in [-0.4, -0.2) is 56.7 Å². The van der Waals surface area contributed by atoms with E-state index in [-0.39, 0.29) is 16.8 Å². The summed E-state index contributed by atoms with van der Waals surface area (Å²) in [5.74, 6) is -1.58. The third-order valence-electron chi connectivity index (χ3n) is 3.05. The summed E-state index contributed by atoms with van der Waals surface area (Å²) in [5, 5.41) is 5.07. The standard InChI is InChI=1S/C16H23N3O6S/c1-11(2)17-15(21)10-25-16(22)9-19(4)26(23,24)14-7-5-13(6-8-14)18-12(3)20/h5-8,11H,9-10H2,1-4H3,(H,17,21)(H,18,20). The molecule has 144 valence electrons. The van der Waals surface area contributed by atoms with Crippen LogP contribution < -0.4 is 10.6 Å². The zero-order chi connectivity index (χ0) is 19.9. The molecule has 0 aliphatic rings. The number of nitrogens with one attached hydrogen (secondary N) is 2. The number of nitrogens with zero attached hydrogens (tertiary/aromatic N) is 1. The predicted molar refractivity (Wildman–Crippen MR) is 94.8 cm³/mol. The number of carbonyl (C=O) groups excluding carboxylic acids is 3. The Morgan fingerprint density at radius 3 is 2.23 bits per heavy atom. The van der Waals surface area contributed by atoms with E-state index in [1.165, 1.54) is 38.2 Å². The van der Waals surface area contributed by atoms with Crippen LogP contribution in [0, 0.1) is 0 Å². The maximum Gasteiger partial charge on any atom is 0.321 e. The number of likely N-dealkylation sites (N-methyl/N-ethyl adjacent to an activating group) is 1. The van der Waals surface area contributed by atoms with Gasteiger partial charge in [-0.05, 0) is 38.1 Å². The number of hydrogen-bond acceptors (Lipinski definition) is 6. The lowest BCUT2D eigenvalue weighted by atomic mass is 10.3. The van der Waals surface area contributed by atoms with Crippen molar-refractivity contribution < 1.29 is 27.5 Å². The summed E-state index contributed by atoms with van der Waals surface area (Å²) < 4.78 is 30.5. The lowest BCUT2D eigenvalue weighted by Gasteiger charge is -2.17. The molecule has 0 radical (unpaired) electrons. The molecule has 0 saturated carbocycles. The fourth-order valence-electron chi connectivity index (χ4n) is 1.92. The normalized spacial score (nSPS) is 11.3. The van der Waals surface area contributed by atoms with Gasteiger partial charge in [0.25, 0.3) is 5.91 Å². The number of esters is 1. The first-order chi connectivity index (χ1) is 12.0. The van der Waals surface area contributed by atoms with Crippen molar-refractivity contribution >= 4 is 33.5 Å². The number of amides is 2. The van der Waals surface area contributed by atoms with Crippen LogP contribution in [0.2, 0.25) is 0 Å². The van der Waals surface area contributed by atoms with Crippen molar-refractivity contribution in [3.63, 3.8) is 0 Å². The maximum atomic E-state index is 12.4. The minimum Gasteiger partial charge on any atom is -0.455 e. The highest BCUT2D eigenvalue weighted by atomic mass is 32.2. The van der Waals surface area contributed by atoms with Gasteiger partial charge in [-0.15, -0.1) is 0 Å². The number of hydrogen-bond donors (Lipinski definition) is 2. The quantitative estimate of drug-likeness (QED) is 0.622. The lowest BCUT2D eigenvalue weighted by molar-refractivity contribution is -0.148. The Hall–Kier alpha value is -2.46. The van der Waals surface area contributed by atoms with Crippen LogP contribution in [-0.2, 0) is 29.1 Å². The van der Waals surface area contributed by atoms with Crippen LogP contribution in [0.15, 0.2) is 29.2 Å². The molecule has 0 bridgehead atoms. The van der Waals surface area contributed by atoms with E-state index in [2.05, 4.69) is 10.6 Å². The molecule has 10 heteroatoms. The van der Waals surface area contributed by atoms with Crippen molar-refractivity contribution in [2.24, 2.45) is 0 Å². The Morgan fingerprint density at radius 1 is 1.15 bits per heavy atom. The summed E-state index contributed by atoms with van der Waals surface area (Å²) in [7, 11) is -2.69. The van der Waals surface area contributed by atoms with Crippen molar-refractivity contribution in [2.45, 2.75) is 31.7 Å². The topological polar surface area (TPSA) is 122 Å². The van der Waals surface area contributed by atoms with Gasteiger partial charge in [-0.3, -0.25) is 14.4 Å². The van der Waals surface area contributed by atoms with Gasteiger partial charge < -0.3 is 15.4 Å². The van der Waals surface area contributed by atoms with Crippen molar-refractivity contribution in [2.75, 3.05) is 25.5 Å². The predicted octanol–water partition coefficient (Wildman–Crippen LogP) is 0.333. The van der Waals surface area contributed by atoms with Crippen LogP contribution in [0.5, 0.6) is 0 Å². The summed E-state index contributed by atoms with van der Waals surface area (Å²) in [6.45, 7) is 3.85. The zero-order valence-electron chi connectivity index (χ0n) is 15.1. The maximum absolute atomic E-state index is 12.4. The second-order valence-electron chi connectivity index (χ2n) is 5.85. The highest BCUT2D eigenvalue weighted by Crippen LogP contribution is 2.17. The molecule has 0 atom stereocenters. The third kappa shape index (κ3) is 6.81. The molecule has 0 aliphatic heterocycles. The summed E-state index contributed by atoms with van der Waals surface area (Å²) >= 11 is 0. The monoisotopic (exact) mass is 385 g/mol. The molecule has 0 aromatic heterocycles. The van der Waals surface area contributed by atoms with Gasteiger partial charge in [-0.2, -0.15) is 4.31 Å². The number of rotatable bonds is 8. The number of anilines is 1. The van der Waals surface area contributed by atoms with Crippen molar-refractivity contribution in [3.8, 4) is 0 Å². The molecule has 0 spiro atoms. The molecule has 2 N–H and O–H groups in total. The van der Waals surface area contributed by atoms with Gasteiger partial charge in [0.2, 0.25) is 15.9 Å². The van der Waals surface area contributed by atoms with Crippen molar-refractivity contribution in [1.82, 2.24) is 9.62 Å². The minimum atomic E-state index is -3.92. The van der Waals surface area contributed by atoms with E-state index in [9.17, 15) is 22.8 Å². The van der Waals surface area contributed by atoms with Gasteiger partial charge in [-0.1, -0.05) is 0 Å². The van der Waals surface area contributed by atoms with E-state index in [1.807, 2.05) is 0 Å². The average molecular weight is 385 g/mol. The molecule has 9 nitrogen and oxygen atoms in total. The fourth-order valence-corrected chi connectivity index (χ4v) is 3.03. The number of benzene rings is 1. The molecule has 1 aromatic carbocycles. The average Bonchev–Trinajstić information content (AvgIpc) is 2.52. The van der Waals surface area contributed by atoms with Gasteiger partial charge in [0.15, 0.2) is 6.61 Å². The van der Waals surface area contributed by atoms with Crippen molar-refractivity contribution in [1.29, 1.82) is 0 Å². The third-order valence-corrected chi connectivity index (χ3v) is 4.87. The summed E-state index contributed by atoms with van der Waals surface area (Å²) in [5.41, 5.74) is 0.453. The Morgan fingerprint density at radius 2 is 1.73 bits per heavy atom. The highest BCUT2D eigenvalue weighted by Gasteiger charge is 2.24. The fraction of sp³-hybridized carbons (Fsp3) is 0.438. The SMILES string of the molecule is CC(=O)Nc1ccc(S(=O)(=O)N(C)CC(=O)OCC(=O)NC(C)C)cc1. The molecule has 2 amide bonds. The Labute approximate surface area is 152 Å². The first-order valence-electron chi connectivity index (χ1n) is 7.81. The van der Waals surface area contributed by atoms with E-state index in [1.54, 1.807) is 13.8 Å². The van der Waals surface area contributed by atoms with Gasteiger partial charge >= 0.3 is 5.97 Å². The van der Waals surface area contributed by atoms with Crippen LogP contribution >= 0.6 is 0 Å². The molecule has 26 heavy (non-hydrogen) atoms. The number of ether oxygens (including phenoxy) is 1. The van der Waals surface area contributed by atoms with Crippen LogP contribution in [0.25, 0.3) is 0 Å². The Bertz CT molecular complexity index is 759. The van der Waals surface area contributed by atoms with Gasteiger partial charge in [0, 0.05) is 25.7 Å². The molecule has 1 rings (SSSR count). The van der Waals surface area contributed by atoms with Crippen LogP contribution in [0.4, 0.5) is 5.69 Å². The zero-order valence-corrected chi connectivity index (χ0v) is 15.9. The second kappa shape index (κ2) is 9.30. The first kappa shape index (κ1) is 21.6. The largest absolute Gasteiger partial charge is 0.455 e. The summed E-state index contributed by atoms with van der Waals surface area (Å²) in [6, 6.07) is 5.43. The van der Waals surface area contributed by atoms with Crippen molar-refractivity contribution in [3.05, 3.63) is 24.3 Å². The highest BCUT2D eigenvalue weighted by molar-refractivity contribution is 7.89. The number of carbonyl (C=O) groups is 3. The van der Waals surface area contributed by atoms with Gasteiger partial charge in [0.1, 0.15) is 6.54 Å². The molecule has 0 heterocycles. The van der Waals surface area contributed by atoms with E-state index >= 15 is 0 Å². The number of sulfonamides is 1. The van der Waals surface area contributed by atoms with E-state index in [0.29, 0.717) is 5.69 Å². The van der Waals surface area contributed by atoms with Gasteiger partial charge in [0.05, 0.1) is 4.90 Å². The first-order valence-corrected chi connectivity index (χ1v) is 9.25.